The number of rotatable bonds is 1. The van der Waals surface area contributed by atoms with Crippen LogP contribution >= 0.6 is 23.2 Å². The molecule has 0 aromatic heterocycles. The Kier molecular flexibility index (Phi) is 3.53. The predicted octanol–water partition coefficient (Wildman–Crippen LogP) is 4.40. The van der Waals surface area contributed by atoms with Gasteiger partial charge in [-0.05, 0) is 41.7 Å². The minimum Gasteiger partial charge on any atom is -0.327 e. The summed E-state index contributed by atoms with van der Waals surface area (Å²) in [4.78, 5) is 0. The van der Waals surface area contributed by atoms with Crippen molar-refractivity contribution in [1.29, 1.82) is 0 Å². The standard InChI is InChI=1S/C16H15Cl2N/c17-13-7-5-11(9-14(13)18)16-12-4-2-1-3-10(12)6-8-15(16)19/h1-5,7,9,15-16H,6,8,19H2. The molecule has 0 heterocycles. The molecule has 19 heavy (non-hydrogen) atoms. The molecule has 0 amide bonds. The van der Waals surface area contributed by atoms with Crippen LogP contribution in [0.4, 0.5) is 0 Å². The van der Waals surface area contributed by atoms with Gasteiger partial charge in [-0.15, -0.1) is 0 Å². The van der Waals surface area contributed by atoms with E-state index >= 15 is 0 Å². The van der Waals surface area contributed by atoms with E-state index in [4.69, 9.17) is 28.9 Å². The molecule has 0 bridgehead atoms. The average Bonchev–Trinajstić information content (AvgIpc) is 2.42. The van der Waals surface area contributed by atoms with Crippen LogP contribution in [0.1, 0.15) is 29.0 Å². The van der Waals surface area contributed by atoms with Gasteiger partial charge in [0.15, 0.2) is 0 Å². The van der Waals surface area contributed by atoms with Gasteiger partial charge in [-0.2, -0.15) is 0 Å². The van der Waals surface area contributed by atoms with Crippen LogP contribution in [0.25, 0.3) is 0 Å². The van der Waals surface area contributed by atoms with E-state index in [1.807, 2.05) is 18.2 Å². The maximum atomic E-state index is 6.34. The summed E-state index contributed by atoms with van der Waals surface area (Å²) < 4.78 is 0. The van der Waals surface area contributed by atoms with Crippen molar-refractivity contribution in [3.8, 4) is 0 Å². The molecule has 0 fully saturated rings. The first-order valence-electron chi connectivity index (χ1n) is 6.45. The maximum Gasteiger partial charge on any atom is 0.0595 e. The fraction of sp³-hybridized carbons (Fsp3) is 0.250. The van der Waals surface area contributed by atoms with Crippen LogP contribution in [0.15, 0.2) is 42.5 Å². The minimum atomic E-state index is 0.132. The quantitative estimate of drug-likeness (QED) is 0.828. The van der Waals surface area contributed by atoms with E-state index in [0.717, 1.165) is 18.4 Å². The molecule has 2 atom stereocenters. The SMILES string of the molecule is NC1CCc2ccccc2C1c1ccc(Cl)c(Cl)c1. The van der Waals surface area contributed by atoms with Crippen molar-refractivity contribution in [1.82, 2.24) is 0 Å². The zero-order chi connectivity index (χ0) is 13.4. The van der Waals surface area contributed by atoms with Gasteiger partial charge in [0.1, 0.15) is 0 Å². The molecule has 2 unspecified atom stereocenters. The Bertz CT molecular complexity index is 609. The van der Waals surface area contributed by atoms with Crippen molar-refractivity contribution in [2.75, 3.05) is 0 Å². The summed E-state index contributed by atoms with van der Waals surface area (Å²) in [7, 11) is 0. The minimum absolute atomic E-state index is 0.132. The molecule has 1 aliphatic carbocycles. The largest absolute Gasteiger partial charge is 0.327 e. The van der Waals surface area contributed by atoms with Gasteiger partial charge in [-0.3, -0.25) is 0 Å². The van der Waals surface area contributed by atoms with Crippen molar-refractivity contribution >= 4 is 23.2 Å². The number of hydrogen-bond donors (Lipinski definition) is 1. The second-order valence-electron chi connectivity index (χ2n) is 5.05. The van der Waals surface area contributed by atoms with Gasteiger partial charge in [0.05, 0.1) is 10.0 Å². The summed E-state index contributed by atoms with van der Waals surface area (Å²) in [5, 5.41) is 1.18. The highest BCUT2D eigenvalue weighted by Crippen LogP contribution is 2.37. The van der Waals surface area contributed by atoms with Crippen LogP contribution in [0.3, 0.4) is 0 Å². The monoisotopic (exact) mass is 291 g/mol. The second-order valence-corrected chi connectivity index (χ2v) is 5.87. The van der Waals surface area contributed by atoms with E-state index in [9.17, 15) is 0 Å². The summed E-state index contributed by atoms with van der Waals surface area (Å²) in [5.74, 6) is 0.208. The van der Waals surface area contributed by atoms with Crippen LogP contribution in [0, 0.1) is 0 Å². The zero-order valence-corrected chi connectivity index (χ0v) is 12.0. The van der Waals surface area contributed by atoms with Crippen molar-refractivity contribution in [3.63, 3.8) is 0 Å². The second kappa shape index (κ2) is 5.16. The smallest absolute Gasteiger partial charge is 0.0595 e. The van der Waals surface area contributed by atoms with Crippen LogP contribution in [0.2, 0.25) is 10.0 Å². The highest BCUT2D eigenvalue weighted by molar-refractivity contribution is 6.42. The maximum absolute atomic E-state index is 6.34. The third kappa shape index (κ3) is 2.38. The summed E-state index contributed by atoms with van der Waals surface area (Å²) in [6.45, 7) is 0. The van der Waals surface area contributed by atoms with Gasteiger partial charge in [0.25, 0.3) is 0 Å². The van der Waals surface area contributed by atoms with Crippen molar-refractivity contribution in [3.05, 3.63) is 69.2 Å². The Hall–Kier alpha value is -1.02. The summed E-state index contributed by atoms with van der Waals surface area (Å²) in [6.07, 6.45) is 2.05. The number of nitrogens with two attached hydrogens (primary N) is 1. The van der Waals surface area contributed by atoms with Gasteiger partial charge >= 0.3 is 0 Å². The van der Waals surface area contributed by atoms with Crippen molar-refractivity contribution in [2.24, 2.45) is 5.73 Å². The van der Waals surface area contributed by atoms with E-state index in [1.165, 1.54) is 11.1 Å². The van der Waals surface area contributed by atoms with E-state index in [-0.39, 0.29) is 12.0 Å². The third-order valence-electron chi connectivity index (χ3n) is 3.87. The van der Waals surface area contributed by atoms with Gasteiger partial charge in [0, 0.05) is 12.0 Å². The predicted molar refractivity (Wildman–Crippen MR) is 81.0 cm³/mol. The molecule has 0 radical (unpaired) electrons. The van der Waals surface area contributed by atoms with Crippen molar-refractivity contribution < 1.29 is 0 Å². The Balaban J connectivity index is 2.10. The lowest BCUT2D eigenvalue weighted by Crippen LogP contribution is -2.33. The lowest BCUT2D eigenvalue weighted by atomic mass is 9.76. The average molecular weight is 292 g/mol. The molecule has 0 spiro atoms. The normalized spacial score (nSPS) is 22.1. The molecular formula is C16H15Cl2N. The van der Waals surface area contributed by atoms with Crippen LogP contribution in [-0.2, 0) is 6.42 Å². The highest BCUT2D eigenvalue weighted by atomic mass is 35.5. The molecular weight excluding hydrogens is 277 g/mol. The first kappa shape index (κ1) is 13.0. The number of hydrogen-bond acceptors (Lipinski definition) is 1. The van der Waals surface area contributed by atoms with Gasteiger partial charge in [0.2, 0.25) is 0 Å². The molecule has 0 saturated carbocycles. The molecule has 3 rings (SSSR count). The first-order chi connectivity index (χ1) is 9.16. The lowest BCUT2D eigenvalue weighted by Gasteiger charge is -2.31. The summed E-state index contributed by atoms with van der Waals surface area (Å²) in [6, 6.07) is 14.5. The number of halogens is 2. The van der Waals surface area contributed by atoms with E-state index < -0.39 is 0 Å². The summed E-state index contributed by atoms with van der Waals surface area (Å²) >= 11 is 12.1. The van der Waals surface area contributed by atoms with Gasteiger partial charge in [-0.25, -0.2) is 0 Å². The third-order valence-corrected chi connectivity index (χ3v) is 4.61. The van der Waals surface area contributed by atoms with E-state index in [2.05, 4.69) is 24.3 Å². The molecule has 1 nitrogen and oxygen atoms in total. The van der Waals surface area contributed by atoms with Crippen molar-refractivity contribution in [2.45, 2.75) is 24.8 Å². The number of fused-ring (bicyclic) bond motifs is 1. The Morgan fingerprint density at radius 2 is 1.79 bits per heavy atom. The molecule has 2 aromatic rings. The van der Waals surface area contributed by atoms with Gasteiger partial charge < -0.3 is 5.73 Å². The lowest BCUT2D eigenvalue weighted by molar-refractivity contribution is 0.518. The zero-order valence-electron chi connectivity index (χ0n) is 10.4. The van der Waals surface area contributed by atoms with Crippen LogP contribution in [-0.4, -0.2) is 6.04 Å². The molecule has 98 valence electrons. The highest BCUT2D eigenvalue weighted by Gasteiger charge is 2.28. The first-order valence-corrected chi connectivity index (χ1v) is 7.21. The fourth-order valence-electron chi connectivity index (χ4n) is 2.92. The van der Waals surface area contributed by atoms with Gasteiger partial charge in [-0.1, -0.05) is 53.5 Å². The van der Waals surface area contributed by atoms with E-state index in [1.54, 1.807) is 0 Å². The Morgan fingerprint density at radius 1 is 1.00 bits per heavy atom. The molecule has 2 aromatic carbocycles. The molecule has 0 saturated heterocycles. The van der Waals surface area contributed by atoms with Crippen LogP contribution < -0.4 is 5.73 Å². The molecule has 1 aliphatic rings. The Labute approximate surface area is 123 Å². The summed E-state index contributed by atoms with van der Waals surface area (Å²) in [5.41, 5.74) is 10.2. The molecule has 2 N–H and O–H groups in total. The fourth-order valence-corrected chi connectivity index (χ4v) is 3.22. The topological polar surface area (TPSA) is 26.0 Å². The molecule has 0 aliphatic heterocycles. The number of benzene rings is 2. The van der Waals surface area contributed by atoms with Crippen LogP contribution in [0.5, 0.6) is 0 Å². The molecule has 3 heteroatoms. The van der Waals surface area contributed by atoms with E-state index in [0.29, 0.717) is 10.0 Å². The number of aryl methyl sites for hydroxylation is 1. The Morgan fingerprint density at radius 3 is 2.58 bits per heavy atom.